The molecule has 1 N–H and O–H groups in total. The van der Waals surface area contributed by atoms with Crippen LogP contribution in [-0.4, -0.2) is 16.9 Å². The zero-order valence-electron chi connectivity index (χ0n) is 6.72. The fourth-order valence-electron chi connectivity index (χ4n) is 0.726. The van der Waals surface area contributed by atoms with Crippen LogP contribution in [0.1, 0.15) is 6.92 Å². The molecule has 1 heterocycles. The van der Waals surface area contributed by atoms with E-state index in [1.807, 2.05) is 13.0 Å². The Hall–Kier alpha value is -0.470. The van der Waals surface area contributed by atoms with E-state index in [1.165, 1.54) is 0 Å². The van der Waals surface area contributed by atoms with E-state index < -0.39 is 0 Å². The molecular weight excluding hydrogens is 195 g/mol. The van der Waals surface area contributed by atoms with Crippen molar-refractivity contribution in [1.82, 2.24) is 4.98 Å². The zero-order valence-corrected chi connectivity index (χ0v) is 8.23. The highest BCUT2D eigenvalue weighted by atomic mass is 35.5. The Morgan fingerprint density at radius 2 is 2.33 bits per heavy atom. The summed E-state index contributed by atoms with van der Waals surface area (Å²) in [5.41, 5.74) is 0. The number of rotatable bonds is 3. The Bertz CT molecular complexity index is 233. The number of nitrogens with one attached hydrogen (secondary N) is 1. The number of hydrogen-bond acceptors (Lipinski definition) is 2. The molecule has 0 aliphatic carbocycles. The highest BCUT2D eigenvalue weighted by molar-refractivity contribution is 6.30. The van der Waals surface area contributed by atoms with Crippen LogP contribution in [-0.2, 0) is 0 Å². The monoisotopic (exact) mass is 204 g/mol. The summed E-state index contributed by atoms with van der Waals surface area (Å²) >= 11 is 11.4. The van der Waals surface area contributed by atoms with Gasteiger partial charge in [-0.2, -0.15) is 0 Å². The molecule has 1 aromatic rings. The molecule has 4 heteroatoms. The van der Waals surface area contributed by atoms with Crippen molar-refractivity contribution >= 4 is 29.0 Å². The summed E-state index contributed by atoms with van der Waals surface area (Å²) in [6.07, 6.45) is 1.60. The van der Waals surface area contributed by atoms with Crippen molar-refractivity contribution in [1.29, 1.82) is 0 Å². The van der Waals surface area contributed by atoms with Crippen LogP contribution >= 0.6 is 23.2 Å². The third-order valence-corrected chi connectivity index (χ3v) is 1.67. The minimum Gasteiger partial charge on any atom is -0.369 e. The molecule has 0 spiro atoms. The molecule has 1 aromatic heterocycles. The first-order valence-corrected chi connectivity index (χ1v) is 4.49. The number of nitrogens with zero attached hydrogens (tertiary/aromatic N) is 1. The molecular formula is C8H10Cl2N2. The second kappa shape index (κ2) is 4.53. The zero-order chi connectivity index (χ0) is 8.97. The maximum absolute atomic E-state index is 5.74. The average molecular weight is 205 g/mol. The number of pyridine rings is 1. The van der Waals surface area contributed by atoms with Gasteiger partial charge in [0.2, 0.25) is 0 Å². The lowest BCUT2D eigenvalue weighted by atomic mass is 10.4. The first-order chi connectivity index (χ1) is 5.68. The van der Waals surface area contributed by atoms with Gasteiger partial charge >= 0.3 is 0 Å². The minimum absolute atomic E-state index is 0.0995. The molecule has 1 rings (SSSR count). The van der Waals surface area contributed by atoms with Crippen molar-refractivity contribution in [2.45, 2.75) is 12.3 Å². The van der Waals surface area contributed by atoms with E-state index in [0.29, 0.717) is 11.6 Å². The van der Waals surface area contributed by atoms with Gasteiger partial charge in [-0.15, -0.1) is 11.6 Å². The quantitative estimate of drug-likeness (QED) is 0.767. The van der Waals surface area contributed by atoms with E-state index >= 15 is 0 Å². The number of halogens is 2. The van der Waals surface area contributed by atoms with Gasteiger partial charge in [0.15, 0.2) is 0 Å². The molecule has 0 aliphatic rings. The predicted octanol–water partition coefficient (Wildman–Crippen LogP) is 2.77. The molecule has 66 valence electrons. The van der Waals surface area contributed by atoms with Crippen molar-refractivity contribution in [3.63, 3.8) is 0 Å². The van der Waals surface area contributed by atoms with Crippen LogP contribution in [0.25, 0.3) is 0 Å². The fraction of sp³-hybridized carbons (Fsp3) is 0.375. The van der Waals surface area contributed by atoms with Gasteiger partial charge in [0.05, 0.1) is 5.02 Å². The molecule has 0 radical (unpaired) electrons. The Labute approximate surface area is 81.9 Å². The van der Waals surface area contributed by atoms with Crippen molar-refractivity contribution < 1.29 is 0 Å². The van der Waals surface area contributed by atoms with Gasteiger partial charge in [0, 0.05) is 18.1 Å². The van der Waals surface area contributed by atoms with Crippen LogP contribution in [0, 0.1) is 0 Å². The Balaban J connectivity index is 2.48. The number of aromatic nitrogens is 1. The van der Waals surface area contributed by atoms with Crippen LogP contribution in [0.2, 0.25) is 5.02 Å². The third-order valence-electron chi connectivity index (χ3n) is 1.29. The summed E-state index contributed by atoms with van der Waals surface area (Å²) in [5, 5.41) is 3.81. The number of anilines is 1. The minimum atomic E-state index is 0.0995. The van der Waals surface area contributed by atoms with E-state index in [4.69, 9.17) is 23.2 Å². The SMILES string of the molecule is CC(Cl)CNc1ccc(Cl)cn1. The molecule has 1 atom stereocenters. The molecule has 0 amide bonds. The summed E-state index contributed by atoms with van der Waals surface area (Å²) in [6, 6.07) is 3.61. The van der Waals surface area contributed by atoms with Gasteiger partial charge in [-0.1, -0.05) is 11.6 Å². The van der Waals surface area contributed by atoms with E-state index in [-0.39, 0.29) is 5.38 Å². The molecule has 0 saturated carbocycles. The van der Waals surface area contributed by atoms with Gasteiger partial charge in [-0.05, 0) is 19.1 Å². The lowest BCUT2D eigenvalue weighted by molar-refractivity contribution is 0.978. The summed E-state index contributed by atoms with van der Waals surface area (Å²) in [5.74, 6) is 0.798. The van der Waals surface area contributed by atoms with Crippen molar-refractivity contribution in [3.8, 4) is 0 Å². The van der Waals surface area contributed by atoms with Gasteiger partial charge in [-0.25, -0.2) is 4.98 Å². The van der Waals surface area contributed by atoms with Crippen molar-refractivity contribution in [3.05, 3.63) is 23.4 Å². The first kappa shape index (κ1) is 9.62. The Morgan fingerprint density at radius 1 is 1.58 bits per heavy atom. The molecule has 0 bridgehead atoms. The summed E-state index contributed by atoms with van der Waals surface area (Å²) in [7, 11) is 0. The second-order valence-electron chi connectivity index (χ2n) is 2.52. The standard InChI is InChI=1S/C8H10Cl2N2/c1-6(9)4-11-8-3-2-7(10)5-12-8/h2-3,5-6H,4H2,1H3,(H,11,12). The maximum atomic E-state index is 5.74. The smallest absolute Gasteiger partial charge is 0.126 e. The summed E-state index contributed by atoms with van der Waals surface area (Å²) < 4.78 is 0. The van der Waals surface area contributed by atoms with Crippen molar-refractivity contribution in [2.24, 2.45) is 0 Å². The van der Waals surface area contributed by atoms with Gasteiger partial charge in [0.25, 0.3) is 0 Å². The molecule has 1 unspecified atom stereocenters. The number of alkyl halides is 1. The molecule has 0 aliphatic heterocycles. The largest absolute Gasteiger partial charge is 0.369 e. The molecule has 0 saturated heterocycles. The molecule has 2 nitrogen and oxygen atoms in total. The van der Waals surface area contributed by atoms with E-state index in [1.54, 1.807) is 12.3 Å². The maximum Gasteiger partial charge on any atom is 0.126 e. The lowest BCUT2D eigenvalue weighted by Crippen LogP contribution is -2.11. The predicted molar refractivity (Wildman–Crippen MR) is 53.1 cm³/mol. The van der Waals surface area contributed by atoms with E-state index in [2.05, 4.69) is 10.3 Å². The van der Waals surface area contributed by atoms with Crippen LogP contribution in [0.5, 0.6) is 0 Å². The molecule has 0 aromatic carbocycles. The molecule has 12 heavy (non-hydrogen) atoms. The van der Waals surface area contributed by atoms with Gasteiger partial charge < -0.3 is 5.32 Å². The highest BCUT2D eigenvalue weighted by Crippen LogP contribution is 2.09. The van der Waals surface area contributed by atoms with E-state index in [9.17, 15) is 0 Å². The van der Waals surface area contributed by atoms with E-state index in [0.717, 1.165) is 5.82 Å². The third kappa shape index (κ3) is 3.28. The molecule has 0 fully saturated rings. The van der Waals surface area contributed by atoms with Gasteiger partial charge in [0.1, 0.15) is 5.82 Å². The second-order valence-corrected chi connectivity index (χ2v) is 3.70. The Kier molecular flexibility index (Phi) is 3.63. The lowest BCUT2D eigenvalue weighted by Gasteiger charge is -2.05. The average Bonchev–Trinajstić information content (AvgIpc) is 2.03. The summed E-state index contributed by atoms with van der Waals surface area (Å²) in [4.78, 5) is 4.05. The van der Waals surface area contributed by atoms with Crippen LogP contribution < -0.4 is 5.32 Å². The van der Waals surface area contributed by atoms with Crippen molar-refractivity contribution in [2.75, 3.05) is 11.9 Å². The number of hydrogen-bond donors (Lipinski definition) is 1. The topological polar surface area (TPSA) is 24.9 Å². The van der Waals surface area contributed by atoms with Crippen LogP contribution in [0.15, 0.2) is 18.3 Å². The summed E-state index contributed by atoms with van der Waals surface area (Å²) in [6.45, 7) is 2.63. The Morgan fingerprint density at radius 3 is 2.83 bits per heavy atom. The van der Waals surface area contributed by atoms with Gasteiger partial charge in [-0.3, -0.25) is 0 Å². The highest BCUT2D eigenvalue weighted by Gasteiger charge is 1.96. The van der Waals surface area contributed by atoms with Crippen LogP contribution in [0.3, 0.4) is 0 Å². The first-order valence-electron chi connectivity index (χ1n) is 3.68. The fourth-order valence-corrected chi connectivity index (χ4v) is 0.915. The normalized spacial score (nSPS) is 12.6. The van der Waals surface area contributed by atoms with Crippen LogP contribution in [0.4, 0.5) is 5.82 Å².